The van der Waals surface area contributed by atoms with E-state index in [1.165, 1.54) is 0 Å². The van der Waals surface area contributed by atoms with Gasteiger partial charge in [-0.05, 0) is 23.3 Å². The molecule has 5 rings (SSSR count). The fraction of sp³-hybridized carbons (Fsp3) is 0. The standard InChI is InChI=1S/C27H18BrN3/c28-22-16-17-23(19-10-4-1-5-11-19)24(18-22)27-30-25(20-12-6-2-7-13-20)29-26(31-27)21-14-8-3-9-15-21/h1-18H. The van der Waals surface area contributed by atoms with E-state index in [4.69, 9.17) is 15.0 Å². The molecule has 0 atom stereocenters. The van der Waals surface area contributed by atoms with Crippen LogP contribution in [0.3, 0.4) is 0 Å². The lowest BCUT2D eigenvalue weighted by atomic mass is 9.99. The summed E-state index contributed by atoms with van der Waals surface area (Å²) in [5.41, 5.74) is 5.07. The Hall–Kier alpha value is -3.63. The molecule has 0 saturated carbocycles. The van der Waals surface area contributed by atoms with Gasteiger partial charge in [-0.2, -0.15) is 0 Å². The van der Waals surface area contributed by atoms with Crippen LogP contribution in [0.2, 0.25) is 0 Å². The Morgan fingerprint density at radius 3 is 1.39 bits per heavy atom. The highest BCUT2D eigenvalue weighted by Gasteiger charge is 2.15. The molecular formula is C27H18BrN3. The van der Waals surface area contributed by atoms with Gasteiger partial charge in [0.25, 0.3) is 0 Å². The molecule has 0 unspecified atom stereocenters. The summed E-state index contributed by atoms with van der Waals surface area (Å²) < 4.78 is 0.977. The average Bonchev–Trinajstić information content (AvgIpc) is 2.85. The minimum absolute atomic E-state index is 0.646. The number of nitrogens with zero attached hydrogens (tertiary/aromatic N) is 3. The zero-order valence-corrected chi connectivity index (χ0v) is 18.2. The molecule has 0 bridgehead atoms. The molecule has 4 aromatic carbocycles. The maximum atomic E-state index is 4.88. The van der Waals surface area contributed by atoms with Gasteiger partial charge in [0.05, 0.1) is 0 Å². The first kappa shape index (κ1) is 19.3. The number of hydrogen-bond acceptors (Lipinski definition) is 3. The SMILES string of the molecule is Brc1ccc(-c2ccccc2)c(-c2nc(-c3ccccc3)nc(-c3ccccc3)n2)c1. The highest BCUT2D eigenvalue weighted by molar-refractivity contribution is 9.10. The Morgan fingerprint density at radius 1 is 0.419 bits per heavy atom. The summed E-state index contributed by atoms with van der Waals surface area (Å²) in [6.45, 7) is 0. The van der Waals surface area contributed by atoms with Crippen LogP contribution in [0.5, 0.6) is 0 Å². The third kappa shape index (κ3) is 4.16. The summed E-state index contributed by atoms with van der Waals surface area (Å²) in [7, 11) is 0. The molecule has 0 aliphatic rings. The van der Waals surface area contributed by atoms with Crippen molar-refractivity contribution in [3.8, 4) is 45.3 Å². The molecule has 0 aliphatic carbocycles. The molecule has 0 aliphatic heterocycles. The topological polar surface area (TPSA) is 38.7 Å². The number of aromatic nitrogens is 3. The number of benzene rings is 4. The molecule has 0 radical (unpaired) electrons. The van der Waals surface area contributed by atoms with Crippen molar-refractivity contribution in [3.63, 3.8) is 0 Å². The summed E-state index contributed by atoms with van der Waals surface area (Å²) in [4.78, 5) is 14.6. The van der Waals surface area contributed by atoms with Crippen molar-refractivity contribution in [2.75, 3.05) is 0 Å². The van der Waals surface area contributed by atoms with Gasteiger partial charge >= 0.3 is 0 Å². The second kappa shape index (κ2) is 8.62. The molecule has 0 fully saturated rings. The summed E-state index contributed by atoms with van der Waals surface area (Å²) in [6.07, 6.45) is 0. The van der Waals surface area contributed by atoms with Crippen LogP contribution in [-0.4, -0.2) is 15.0 Å². The van der Waals surface area contributed by atoms with Gasteiger partial charge in [0.1, 0.15) is 0 Å². The van der Waals surface area contributed by atoms with Gasteiger partial charge in [0.2, 0.25) is 0 Å². The quantitative estimate of drug-likeness (QED) is 0.280. The summed E-state index contributed by atoms with van der Waals surface area (Å²) in [5, 5.41) is 0. The third-order valence-electron chi connectivity index (χ3n) is 5.01. The van der Waals surface area contributed by atoms with Crippen LogP contribution in [0.4, 0.5) is 0 Å². The first-order valence-corrected chi connectivity index (χ1v) is 10.8. The van der Waals surface area contributed by atoms with Crippen molar-refractivity contribution >= 4 is 15.9 Å². The Kier molecular flexibility index (Phi) is 5.38. The number of halogens is 1. The van der Waals surface area contributed by atoms with E-state index in [0.29, 0.717) is 17.5 Å². The highest BCUT2D eigenvalue weighted by atomic mass is 79.9. The van der Waals surface area contributed by atoms with E-state index in [9.17, 15) is 0 Å². The predicted octanol–water partition coefficient (Wildman–Crippen LogP) is 7.30. The van der Waals surface area contributed by atoms with Crippen LogP contribution in [0, 0.1) is 0 Å². The fourth-order valence-corrected chi connectivity index (χ4v) is 3.86. The molecule has 0 N–H and O–H groups in total. The van der Waals surface area contributed by atoms with E-state index in [2.05, 4.69) is 40.2 Å². The molecule has 148 valence electrons. The summed E-state index contributed by atoms with van der Waals surface area (Å²) in [5.74, 6) is 1.96. The molecule has 5 aromatic rings. The molecule has 31 heavy (non-hydrogen) atoms. The molecular weight excluding hydrogens is 446 g/mol. The van der Waals surface area contributed by atoms with E-state index in [0.717, 1.165) is 32.3 Å². The van der Waals surface area contributed by atoms with Crippen LogP contribution in [0.25, 0.3) is 45.3 Å². The van der Waals surface area contributed by atoms with Crippen LogP contribution in [0.15, 0.2) is 114 Å². The predicted molar refractivity (Wildman–Crippen MR) is 129 cm³/mol. The summed E-state index contributed by atoms with van der Waals surface area (Å²) >= 11 is 3.62. The van der Waals surface area contributed by atoms with Crippen molar-refractivity contribution in [3.05, 3.63) is 114 Å². The van der Waals surface area contributed by atoms with E-state index < -0.39 is 0 Å². The zero-order valence-electron chi connectivity index (χ0n) is 16.6. The van der Waals surface area contributed by atoms with E-state index in [1.54, 1.807) is 0 Å². The highest BCUT2D eigenvalue weighted by Crippen LogP contribution is 2.34. The van der Waals surface area contributed by atoms with Gasteiger partial charge in [-0.15, -0.1) is 0 Å². The van der Waals surface area contributed by atoms with Gasteiger partial charge in [-0.1, -0.05) is 113 Å². The molecule has 0 saturated heterocycles. The van der Waals surface area contributed by atoms with Crippen LogP contribution in [0.1, 0.15) is 0 Å². The lowest BCUT2D eigenvalue weighted by Gasteiger charge is -2.12. The number of hydrogen-bond donors (Lipinski definition) is 0. The molecule has 3 nitrogen and oxygen atoms in total. The van der Waals surface area contributed by atoms with Crippen molar-refractivity contribution in [2.24, 2.45) is 0 Å². The Morgan fingerprint density at radius 2 is 0.871 bits per heavy atom. The third-order valence-corrected chi connectivity index (χ3v) is 5.50. The summed E-state index contributed by atoms with van der Waals surface area (Å²) in [6, 6.07) is 36.6. The smallest absolute Gasteiger partial charge is 0.164 e. The molecule has 0 amide bonds. The van der Waals surface area contributed by atoms with Crippen molar-refractivity contribution in [1.82, 2.24) is 15.0 Å². The van der Waals surface area contributed by atoms with Crippen molar-refractivity contribution < 1.29 is 0 Å². The maximum absolute atomic E-state index is 4.88. The van der Waals surface area contributed by atoms with Crippen LogP contribution in [-0.2, 0) is 0 Å². The van der Waals surface area contributed by atoms with E-state index >= 15 is 0 Å². The lowest BCUT2D eigenvalue weighted by molar-refractivity contribution is 1.07. The second-order valence-electron chi connectivity index (χ2n) is 7.09. The fourth-order valence-electron chi connectivity index (χ4n) is 3.50. The zero-order chi connectivity index (χ0) is 21.0. The minimum Gasteiger partial charge on any atom is -0.208 e. The normalized spacial score (nSPS) is 10.7. The molecule has 1 aromatic heterocycles. The molecule has 1 heterocycles. The minimum atomic E-state index is 0.646. The monoisotopic (exact) mass is 463 g/mol. The van der Waals surface area contributed by atoms with Crippen molar-refractivity contribution in [2.45, 2.75) is 0 Å². The van der Waals surface area contributed by atoms with Gasteiger partial charge < -0.3 is 0 Å². The van der Waals surface area contributed by atoms with Crippen LogP contribution >= 0.6 is 15.9 Å². The second-order valence-corrected chi connectivity index (χ2v) is 8.01. The van der Waals surface area contributed by atoms with Crippen LogP contribution < -0.4 is 0 Å². The largest absolute Gasteiger partial charge is 0.208 e. The van der Waals surface area contributed by atoms with Gasteiger partial charge in [-0.25, -0.2) is 15.0 Å². The first-order valence-electron chi connectivity index (χ1n) is 10.0. The maximum Gasteiger partial charge on any atom is 0.164 e. The van der Waals surface area contributed by atoms with E-state index in [1.807, 2.05) is 84.9 Å². The Labute approximate surface area is 189 Å². The Balaban J connectivity index is 1.76. The first-order chi connectivity index (χ1) is 15.3. The van der Waals surface area contributed by atoms with Crippen molar-refractivity contribution in [1.29, 1.82) is 0 Å². The molecule has 4 heteroatoms. The van der Waals surface area contributed by atoms with Gasteiger partial charge in [0, 0.05) is 21.2 Å². The van der Waals surface area contributed by atoms with Gasteiger partial charge in [-0.3, -0.25) is 0 Å². The molecule has 0 spiro atoms. The lowest BCUT2D eigenvalue weighted by Crippen LogP contribution is -2.01. The number of rotatable bonds is 4. The van der Waals surface area contributed by atoms with E-state index in [-0.39, 0.29) is 0 Å². The Bertz CT molecular complexity index is 1260. The van der Waals surface area contributed by atoms with Gasteiger partial charge in [0.15, 0.2) is 17.5 Å². The average molecular weight is 464 g/mol.